The zero-order valence-corrected chi connectivity index (χ0v) is 20.5. The Hall–Kier alpha value is -3.45. The summed E-state index contributed by atoms with van der Waals surface area (Å²) in [6, 6.07) is 15.8. The Morgan fingerprint density at radius 1 is 1.00 bits per heavy atom. The van der Waals surface area contributed by atoms with Gasteiger partial charge in [0.05, 0.1) is 24.8 Å². The molecule has 0 spiro atoms. The van der Waals surface area contributed by atoms with Crippen LogP contribution in [0.1, 0.15) is 6.04 Å². The maximum atomic E-state index is 13.3. The van der Waals surface area contributed by atoms with Crippen LogP contribution in [0.5, 0.6) is 0 Å². The minimum absolute atomic E-state index is 0.127. The fourth-order valence-corrected chi connectivity index (χ4v) is 6.27. The van der Waals surface area contributed by atoms with E-state index in [2.05, 4.69) is 25.2 Å². The number of benzene rings is 2. The zero-order valence-electron chi connectivity index (χ0n) is 19.7. The maximum Gasteiger partial charge on any atom is 0.243 e. The lowest BCUT2D eigenvalue weighted by Gasteiger charge is -2.19. The van der Waals surface area contributed by atoms with Gasteiger partial charge in [0.1, 0.15) is 23.1 Å². The summed E-state index contributed by atoms with van der Waals surface area (Å²) in [4.78, 5) is 6.42. The Morgan fingerprint density at radius 3 is 2.58 bits per heavy atom. The van der Waals surface area contributed by atoms with Crippen LogP contribution in [0.4, 0.5) is 5.69 Å². The predicted molar refractivity (Wildman–Crippen MR) is 132 cm³/mol. The second-order valence-electron chi connectivity index (χ2n) is 9.11. The Bertz CT molecular complexity index is 1500. The first kappa shape index (κ1) is 23.0. The van der Waals surface area contributed by atoms with Crippen molar-refractivity contribution in [3.05, 3.63) is 60.8 Å². The van der Waals surface area contributed by atoms with Gasteiger partial charge in [0.2, 0.25) is 10.0 Å². The molecule has 0 amide bonds. The van der Waals surface area contributed by atoms with Crippen LogP contribution in [0.3, 0.4) is 0 Å². The molecule has 0 aliphatic carbocycles. The van der Waals surface area contributed by atoms with Gasteiger partial charge in [-0.05, 0) is 46.8 Å². The molecule has 6 rings (SSSR count). The van der Waals surface area contributed by atoms with E-state index < -0.39 is 28.3 Å². The minimum atomic E-state index is -3.87. The third kappa shape index (κ3) is 3.91. The molecular weight excluding hydrogens is 482 g/mol. The van der Waals surface area contributed by atoms with Crippen molar-refractivity contribution in [2.75, 3.05) is 32.2 Å². The highest BCUT2D eigenvalue weighted by Gasteiger charge is 2.50. The van der Waals surface area contributed by atoms with Crippen molar-refractivity contribution in [2.45, 2.75) is 29.2 Å². The van der Waals surface area contributed by atoms with Crippen molar-refractivity contribution in [3.63, 3.8) is 0 Å². The van der Waals surface area contributed by atoms with E-state index in [1.165, 1.54) is 0 Å². The third-order valence-electron chi connectivity index (χ3n) is 6.67. The lowest BCUT2D eigenvalue weighted by atomic mass is 10.1. The Morgan fingerprint density at radius 2 is 1.78 bits per heavy atom. The maximum absolute atomic E-state index is 13.3. The van der Waals surface area contributed by atoms with Crippen LogP contribution < -0.4 is 9.62 Å². The van der Waals surface area contributed by atoms with Crippen molar-refractivity contribution in [3.8, 4) is 11.4 Å². The first-order valence-electron chi connectivity index (χ1n) is 11.6. The van der Waals surface area contributed by atoms with E-state index in [0.29, 0.717) is 17.9 Å². The Balaban J connectivity index is 1.23. The molecule has 12 heteroatoms. The molecule has 0 bridgehead atoms. The van der Waals surface area contributed by atoms with Crippen LogP contribution in [0.2, 0.25) is 0 Å². The first-order valence-corrected chi connectivity index (χ1v) is 13.1. The van der Waals surface area contributed by atoms with E-state index in [1.54, 1.807) is 29.1 Å². The summed E-state index contributed by atoms with van der Waals surface area (Å²) in [5, 5.41) is 13.1. The SMILES string of the molecule is CN(C)c1ccc(-c2nnnn2C2COC3C(NS(=O)(=O)c4cccc5cccnc45)COC32)cc1. The molecular formula is C24H25N7O4S. The smallest absolute Gasteiger partial charge is 0.243 e. The molecule has 0 radical (unpaired) electrons. The van der Waals surface area contributed by atoms with Gasteiger partial charge in [0.25, 0.3) is 0 Å². The summed E-state index contributed by atoms with van der Waals surface area (Å²) < 4.78 is 43.2. The third-order valence-corrected chi connectivity index (χ3v) is 8.19. The number of anilines is 1. The van der Waals surface area contributed by atoms with E-state index >= 15 is 0 Å². The largest absolute Gasteiger partial charge is 0.378 e. The normalized spacial score (nSPS) is 23.7. The molecule has 1 N–H and O–H groups in total. The first-order chi connectivity index (χ1) is 17.4. The number of aromatic nitrogens is 5. The number of nitrogens with zero attached hydrogens (tertiary/aromatic N) is 6. The molecule has 2 aromatic carbocycles. The van der Waals surface area contributed by atoms with Crippen LogP contribution in [0, 0.1) is 0 Å². The summed E-state index contributed by atoms with van der Waals surface area (Å²) in [6.45, 7) is 0.482. The average Bonchev–Trinajstić information content (AvgIpc) is 3.61. The zero-order chi connectivity index (χ0) is 24.9. The molecule has 4 atom stereocenters. The molecule has 0 saturated carbocycles. The lowest BCUT2D eigenvalue weighted by Crippen LogP contribution is -2.44. The van der Waals surface area contributed by atoms with E-state index in [0.717, 1.165) is 16.6 Å². The molecule has 36 heavy (non-hydrogen) atoms. The molecule has 2 aliphatic rings. The highest BCUT2D eigenvalue weighted by molar-refractivity contribution is 7.89. The number of para-hydroxylation sites is 1. The number of tetrazole rings is 1. The highest BCUT2D eigenvalue weighted by Crippen LogP contribution is 2.36. The van der Waals surface area contributed by atoms with E-state index in [-0.39, 0.29) is 17.5 Å². The van der Waals surface area contributed by atoms with Gasteiger partial charge in [0.15, 0.2) is 5.82 Å². The number of fused-ring (bicyclic) bond motifs is 2. The summed E-state index contributed by atoms with van der Waals surface area (Å²) in [6.07, 6.45) is 0.714. The predicted octanol–water partition coefficient (Wildman–Crippen LogP) is 1.64. The average molecular weight is 508 g/mol. The van der Waals surface area contributed by atoms with Gasteiger partial charge in [-0.1, -0.05) is 18.2 Å². The van der Waals surface area contributed by atoms with E-state index in [1.807, 2.05) is 55.4 Å². The summed E-state index contributed by atoms with van der Waals surface area (Å²) in [7, 11) is 0.0940. The fourth-order valence-electron chi connectivity index (χ4n) is 4.86. The standard InChI is InChI=1S/C24H25N7O4S/c1-30(2)17-10-8-16(9-11-17)24-26-28-29-31(24)19-14-35-22-18(13-34-23(19)22)27-36(32,33)20-7-3-5-15-6-4-12-25-21(15)20/h3-12,18-19,22-23,27H,13-14H2,1-2H3. The highest BCUT2D eigenvalue weighted by atomic mass is 32.2. The monoisotopic (exact) mass is 507 g/mol. The quantitative estimate of drug-likeness (QED) is 0.415. The summed E-state index contributed by atoms with van der Waals surface area (Å²) >= 11 is 0. The molecule has 4 aromatic rings. The lowest BCUT2D eigenvalue weighted by molar-refractivity contribution is 0.0626. The van der Waals surface area contributed by atoms with Gasteiger partial charge in [0, 0.05) is 36.9 Å². The van der Waals surface area contributed by atoms with Gasteiger partial charge in [-0.25, -0.2) is 17.8 Å². The van der Waals surface area contributed by atoms with Gasteiger partial charge >= 0.3 is 0 Å². The summed E-state index contributed by atoms with van der Waals surface area (Å²) in [5.74, 6) is 0.601. The topological polar surface area (TPSA) is 124 Å². The van der Waals surface area contributed by atoms with Crippen molar-refractivity contribution in [1.29, 1.82) is 0 Å². The molecule has 4 heterocycles. The van der Waals surface area contributed by atoms with Crippen LogP contribution in [0.15, 0.2) is 65.7 Å². The second kappa shape index (κ2) is 8.89. The van der Waals surface area contributed by atoms with Crippen LogP contribution in [-0.4, -0.2) is 79.2 Å². The van der Waals surface area contributed by atoms with Gasteiger partial charge in [-0.15, -0.1) is 5.10 Å². The second-order valence-corrected chi connectivity index (χ2v) is 10.8. The summed E-state index contributed by atoms with van der Waals surface area (Å²) in [5.41, 5.74) is 2.36. The Kier molecular flexibility index (Phi) is 5.67. The number of ether oxygens (including phenoxy) is 2. The fraction of sp³-hybridized carbons (Fsp3) is 0.333. The van der Waals surface area contributed by atoms with Gasteiger partial charge in [-0.3, -0.25) is 4.98 Å². The van der Waals surface area contributed by atoms with Gasteiger partial charge < -0.3 is 14.4 Å². The molecule has 2 fully saturated rings. The molecule has 2 aliphatic heterocycles. The van der Waals surface area contributed by atoms with Gasteiger partial charge in [-0.2, -0.15) is 0 Å². The number of pyridine rings is 1. The van der Waals surface area contributed by atoms with Crippen LogP contribution >= 0.6 is 0 Å². The van der Waals surface area contributed by atoms with Crippen molar-refractivity contribution in [1.82, 2.24) is 29.9 Å². The van der Waals surface area contributed by atoms with Crippen molar-refractivity contribution < 1.29 is 17.9 Å². The molecule has 186 valence electrons. The number of hydrogen-bond donors (Lipinski definition) is 1. The molecule has 4 unspecified atom stereocenters. The van der Waals surface area contributed by atoms with E-state index in [9.17, 15) is 8.42 Å². The Labute approximate surface area is 208 Å². The van der Waals surface area contributed by atoms with Crippen molar-refractivity contribution in [2.24, 2.45) is 0 Å². The number of nitrogens with one attached hydrogen (secondary N) is 1. The number of rotatable bonds is 6. The number of sulfonamides is 1. The minimum Gasteiger partial charge on any atom is -0.378 e. The number of hydrogen-bond acceptors (Lipinski definition) is 9. The molecule has 11 nitrogen and oxygen atoms in total. The van der Waals surface area contributed by atoms with E-state index in [4.69, 9.17) is 9.47 Å². The van der Waals surface area contributed by atoms with Crippen LogP contribution in [-0.2, 0) is 19.5 Å². The molecule has 2 aromatic heterocycles. The van der Waals surface area contributed by atoms with Crippen LogP contribution in [0.25, 0.3) is 22.3 Å². The van der Waals surface area contributed by atoms with Crippen molar-refractivity contribution >= 4 is 26.6 Å². The molecule has 2 saturated heterocycles.